The van der Waals surface area contributed by atoms with E-state index in [1.807, 2.05) is 24.0 Å². The van der Waals surface area contributed by atoms with Crippen LogP contribution >= 0.6 is 0 Å². The monoisotopic (exact) mass is 347 g/mol. The van der Waals surface area contributed by atoms with Crippen LogP contribution in [0.25, 0.3) is 0 Å². The maximum Gasteiger partial charge on any atom is 0.309 e. The summed E-state index contributed by atoms with van der Waals surface area (Å²) < 4.78 is 11.0. The van der Waals surface area contributed by atoms with E-state index in [9.17, 15) is 14.7 Å². The van der Waals surface area contributed by atoms with E-state index in [2.05, 4.69) is 0 Å². The maximum atomic E-state index is 12.7. The molecule has 2 heterocycles. The Kier molecular flexibility index (Phi) is 5.27. The molecule has 1 aromatic carbocycles. The number of carbonyl (C=O) groups excluding carboxylic acids is 1. The van der Waals surface area contributed by atoms with E-state index in [4.69, 9.17) is 9.47 Å². The fourth-order valence-electron chi connectivity index (χ4n) is 3.91. The van der Waals surface area contributed by atoms with Crippen LogP contribution < -0.4 is 4.74 Å². The first kappa shape index (κ1) is 17.7. The Hall–Kier alpha value is -2.08. The fourth-order valence-corrected chi connectivity index (χ4v) is 3.91. The molecule has 0 spiro atoms. The number of amides is 1. The highest BCUT2D eigenvalue weighted by Crippen LogP contribution is 2.33. The molecule has 0 aliphatic carbocycles. The lowest BCUT2D eigenvalue weighted by Gasteiger charge is -2.35. The van der Waals surface area contributed by atoms with Gasteiger partial charge in [0.05, 0.1) is 19.1 Å². The fraction of sp³-hybridized carbons (Fsp3) is 0.579. The van der Waals surface area contributed by atoms with Crippen molar-refractivity contribution >= 4 is 11.9 Å². The van der Waals surface area contributed by atoms with Crippen molar-refractivity contribution in [3.63, 3.8) is 0 Å². The number of likely N-dealkylation sites (tertiary alicyclic amines) is 1. The molecule has 1 unspecified atom stereocenters. The predicted molar refractivity (Wildman–Crippen MR) is 91.8 cm³/mol. The number of carbonyl (C=O) groups is 2. The Labute approximate surface area is 147 Å². The van der Waals surface area contributed by atoms with Gasteiger partial charge in [-0.25, -0.2) is 0 Å². The van der Waals surface area contributed by atoms with Crippen LogP contribution in [0.4, 0.5) is 0 Å². The summed E-state index contributed by atoms with van der Waals surface area (Å²) in [6, 6.07) is 5.50. The van der Waals surface area contributed by atoms with Crippen molar-refractivity contribution in [2.45, 2.75) is 32.3 Å². The van der Waals surface area contributed by atoms with E-state index in [1.165, 1.54) is 0 Å². The first-order valence-electron chi connectivity index (χ1n) is 8.79. The number of hydrogen-bond acceptors (Lipinski definition) is 4. The quantitative estimate of drug-likeness (QED) is 0.905. The number of carboxylic acids is 1. The second-order valence-electron chi connectivity index (χ2n) is 6.88. The van der Waals surface area contributed by atoms with E-state index >= 15 is 0 Å². The summed E-state index contributed by atoms with van der Waals surface area (Å²) in [4.78, 5) is 25.9. The average molecular weight is 347 g/mol. The van der Waals surface area contributed by atoms with Gasteiger partial charge in [-0.05, 0) is 49.8 Å². The SMILES string of the molecule is COc1cc(C(=O)N2CCC([C@@H]3OCCC3C(=O)O)CC2)ccc1C. The van der Waals surface area contributed by atoms with E-state index in [1.54, 1.807) is 13.2 Å². The molecule has 2 atom stereocenters. The van der Waals surface area contributed by atoms with Crippen molar-refractivity contribution in [2.75, 3.05) is 26.8 Å². The van der Waals surface area contributed by atoms with Gasteiger partial charge in [0.25, 0.3) is 5.91 Å². The van der Waals surface area contributed by atoms with Crippen molar-refractivity contribution in [3.8, 4) is 5.75 Å². The van der Waals surface area contributed by atoms with Gasteiger partial charge in [0.15, 0.2) is 0 Å². The number of rotatable bonds is 4. The number of hydrogen-bond donors (Lipinski definition) is 1. The topological polar surface area (TPSA) is 76.1 Å². The first-order chi connectivity index (χ1) is 12.0. The van der Waals surface area contributed by atoms with Crippen molar-refractivity contribution in [2.24, 2.45) is 11.8 Å². The molecule has 25 heavy (non-hydrogen) atoms. The molecule has 1 N–H and O–H groups in total. The summed E-state index contributed by atoms with van der Waals surface area (Å²) in [5.74, 6) is -0.259. The minimum atomic E-state index is -0.771. The predicted octanol–water partition coefficient (Wildman–Crippen LogP) is 2.35. The standard InChI is InChI=1S/C19H25NO5/c1-12-3-4-14(11-16(12)24-2)18(21)20-8-5-13(6-9-20)17-15(19(22)23)7-10-25-17/h3-4,11,13,15,17H,5-10H2,1-2H3,(H,22,23)/t15?,17-/m0/s1. The number of nitrogens with zero attached hydrogens (tertiary/aromatic N) is 1. The normalized spacial score (nSPS) is 24.3. The summed E-state index contributed by atoms with van der Waals surface area (Å²) >= 11 is 0. The second-order valence-corrected chi connectivity index (χ2v) is 6.88. The highest BCUT2D eigenvalue weighted by molar-refractivity contribution is 5.94. The molecule has 3 rings (SSSR count). The zero-order valence-corrected chi connectivity index (χ0v) is 14.7. The molecule has 0 aromatic heterocycles. The number of ether oxygens (including phenoxy) is 2. The molecule has 136 valence electrons. The van der Waals surface area contributed by atoms with Crippen molar-refractivity contribution in [1.82, 2.24) is 4.90 Å². The summed E-state index contributed by atoms with van der Waals surface area (Å²) in [5.41, 5.74) is 1.62. The lowest BCUT2D eigenvalue weighted by Crippen LogP contribution is -2.43. The van der Waals surface area contributed by atoms with Crippen LogP contribution in [0.3, 0.4) is 0 Å². The van der Waals surface area contributed by atoms with Gasteiger partial charge in [0.1, 0.15) is 5.75 Å². The molecule has 0 saturated carbocycles. The Morgan fingerprint density at radius 3 is 2.60 bits per heavy atom. The van der Waals surface area contributed by atoms with Gasteiger partial charge in [-0.15, -0.1) is 0 Å². The van der Waals surface area contributed by atoms with Gasteiger partial charge in [-0.1, -0.05) is 6.07 Å². The van der Waals surface area contributed by atoms with Gasteiger partial charge >= 0.3 is 5.97 Å². The molecule has 0 bridgehead atoms. The Morgan fingerprint density at radius 2 is 1.96 bits per heavy atom. The highest BCUT2D eigenvalue weighted by Gasteiger charge is 2.40. The molecule has 2 fully saturated rings. The third kappa shape index (κ3) is 3.63. The zero-order valence-electron chi connectivity index (χ0n) is 14.7. The minimum Gasteiger partial charge on any atom is -0.496 e. The molecule has 2 aliphatic heterocycles. The smallest absolute Gasteiger partial charge is 0.309 e. The van der Waals surface area contributed by atoms with Gasteiger partial charge < -0.3 is 19.5 Å². The van der Waals surface area contributed by atoms with Crippen LogP contribution in [0.15, 0.2) is 18.2 Å². The summed E-state index contributed by atoms with van der Waals surface area (Å²) in [7, 11) is 1.60. The zero-order chi connectivity index (χ0) is 18.0. The van der Waals surface area contributed by atoms with Crippen molar-refractivity contribution in [1.29, 1.82) is 0 Å². The van der Waals surface area contributed by atoms with E-state index in [0.29, 0.717) is 37.4 Å². The lowest BCUT2D eigenvalue weighted by molar-refractivity contribution is -0.145. The van der Waals surface area contributed by atoms with Crippen molar-refractivity contribution < 1.29 is 24.2 Å². The number of carboxylic acid groups (broad SMARTS) is 1. The Balaban J connectivity index is 1.62. The summed E-state index contributed by atoms with van der Waals surface area (Å²) in [5, 5.41) is 9.32. The number of aryl methyl sites for hydroxylation is 1. The summed E-state index contributed by atoms with van der Waals surface area (Å²) in [6.07, 6.45) is 1.93. The van der Waals surface area contributed by atoms with Gasteiger partial charge in [-0.2, -0.15) is 0 Å². The van der Waals surface area contributed by atoms with Crippen LogP contribution in [0.1, 0.15) is 35.2 Å². The third-order valence-corrected chi connectivity index (χ3v) is 5.40. The van der Waals surface area contributed by atoms with E-state index < -0.39 is 11.9 Å². The molecular weight excluding hydrogens is 322 g/mol. The van der Waals surface area contributed by atoms with Crippen LogP contribution in [0.5, 0.6) is 5.75 Å². The molecule has 1 aromatic rings. The van der Waals surface area contributed by atoms with Crippen LogP contribution in [-0.2, 0) is 9.53 Å². The molecule has 2 aliphatic rings. The maximum absolute atomic E-state index is 12.7. The van der Waals surface area contributed by atoms with E-state index in [0.717, 1.165) is 18.4 Å². The number of methoxy groups -OCH3 is 1. The molecule has 2 saturated heterocycles. The molecule has 6 nitrogen and oxygen atoms in total. The van der Waals surface area contributed by atoms with E-state index in [-0.39, 0.29) is 17.9 Å². The Morgan fingerprint density at radius 1 is 1.24 bits per heavy atom. The van der Waals surface area contributed by atoms with Gasteiger partial charge in [0, 0.05) is 25.3 Å². The van der Waals surface area contributed by atoms with Crippen LogP contribution in [0.2, 0.25) is 0 Å². The molecular formula is C19H25NO5. The number of benzene rings is 1. The number of piperidine rings is 1. The van der Waals surface area contributed by atoms with Crippen LogP contribution in [-0.4, -0.2) is 54.8 Å². The number of aliphatic carboxylic acids is 1. The molecule has 1 amide bonds. The van der Waals surface area contributed by atoms with Crippen LogP contribution in [0, 0.1) is 18.8 Å². The first-order valence-corrected chi connectivity index (χ1v) is 8.79. The second kappa shape index (κ2) is 7.44. The Bertz CT molecular complexity index is 651. The third-order valence-electron chi connectivity index (χ3n) is 5.40. The largest absolute Gasteiger partial charge is 0.496 e. The summed E-state index contributed by atoms with van der Waals surface area (Å²) in [6.45, 7) is 3.72. The highest BCUT2D eigenvalue weighted by atomic mass is 16.5. The van der Waals surface area contributed by atoms with Crippen molar-refractivity contribution in [3.05, 3.63) is 29.3 Å². The molecule has 6 heteroatoms. The van der Waals surface area contributed by atoms with Gasteiger partial charge in [-0.3, -0.25) is 9.59 Å². The molecule has 0 radical (unpaired) electrons. The minimum absolute atomic E-state index is 0.00104. The lowest BCUT2D eigenvalue weighted by atomic mass is 9.84. The average Bonchev–Trinajstić information content (AvgIpc) is 3.12. The van der Waals surface area contributed by atoms with Gasteiger partial charge in [0.2, 0.25) is 0 Å².